The molecule has 0 rings (SSSR count). The quantitative estimate of drug-likeness (QED) is 0.0272. The molecule has 0 heterocycles. The molecule has 2 N–H and O–H groups in total. The summed E-state index contributed by atoms with van der Waals surface area (Å²) in [5, 5.41) is 13.8. The van der Waals surface area contributed by atoms with Gasteiger partial charge >= 0.3 is 0 Å². The van der Waals surface area contributed by atoms with E-state index in [2.05, 4.69) is 104 Å². The molecular formula is C57H101N2O6P. The van der Waals surface area contributed by atoms with Crippen LogP contribution in [0.5, 0.6) is 0 Å². The molecule has 0 aliphatic heterocycles. The molecule has 0 spiro atoms. The van der Waals surface area contributed by atoms with Crippen molar-refractivity contribution in [3.63, 3.8) is 0 Å². The van der Waals surface area contributed by atoms with Crippen LogP contribution in [0.4, 0.5) is 0 Å². The smallest absolute Gasteiger partial charge is 0.268 e. The SMILES string of the molecule is CC/C=C\C/C=C\C/C=C\C/C=C\C/C=C\CCCCCCCCCCCCCCCC(=O)NC(COP(=O)([O-])OCC[N+](C)(C)C)C(O)/C=C/CC/C=C/CC/C=C/CCCCCCC. The maximum absolute atomic E-state index is 12.9. The molecule has 1 amide bonds. The molecule has 8 nitrogen and oxygen atoms in total. The average Bonchev–Trinajstić information content (AvgIpc) is 3.28. The maximum atomic E-state index is 12.9. The number of carbonyl (C=O) groups is 1. The number of phosphoric acid groups is 1. The largest absolute Gasteiger partial charge is 0.756 e. The Morgan fingerprint density at radius 1 is 0.545 bits per heavy atom. The van der Waals surface area contributed by atoms with E-state index in [-0.39, 0.29) is 12.5 Å². The molecule has 0 aliphatic carbocycles. The van der Waals surface area contributed by atoms with Gasteiger partial charge in [0.25, 0.3) is 7.82 Å². The highest BCUT2D eigenvalue weighted by Gasteiger charge is 2.23. The summed E-state index contributed by atoms with van der Waals surface area (Å²) >= 11 is 0. The minimum atomic E-state index is -4.61. The number of rotatable bonds is 47. The minimum absolute atomic E-state index is 0.0133. The topological polar surface area (TPSA) is 108 Å². The lowest BCUT2D eigenvalue weighted by Crippen LogP contribution is -2.45. The number of phosphoric ester groups is 1. The van der Waals surface area contributed by atoms with Gasteiger partial charge in [-0.2, -0.15) is 0 Å². The number of hydrogen-bond donors (Lipinski definition) is 2. The number of likely N-dealkylation sites (N-methyl/N-ethyl adjacent to an activating group) is 1. The summed E-state index contributed by atoms with van der Waals surface area (Å²) in [5.74, 6) is -0.217. The van der Waals surface area contributed by atoms with E-state index >= 15 is 0 Å². The molecule has 0 fully saturated rings. The van der Waals surface area contributed by atoms with E-state index in [0.29, 0.717) is 17.4 Å². The van der Waals surface area contributed by atoms with Gasteiger partial charge in [0.2, 0.25) is 5.91 Å². The van der Waals surface area contributed by atoms with E-state index in [1.807, 2.05) is 27.2 Å². The third-order valence-corrected chi connectivity index (χ3v) is 12.2. The summed E-state index contributed by atoms with van der Waals surface area (Å²) in [7, 11) is 1.22. The number of allylic oxidation sites excluding steroid dienone is 15. The number of aliphatic hydroxyl groups is 1. The Kier molecular flexibility index (Phi) is 45.6. The Morgan fingerprint density at radius 2 is 0.939 bits per heavy atom. The van der Waals surface area contributed by atoms with Crippen LogP contribution in [0.25, 0.3) is 0 Å². The van der Waals surface area contributed by atoms with Gasteiger partial charge in [-0.3, -0.25) is 9.36 Å². The molecule has 3 unspecified atom stereocenters. The van der Waals surface area contributed by atoms with Crippen molar-refractivity contribution in [1.29, 1.82) is 0 Å². The number of amides is 1. The van der Waals surface area contributed by atoms with Gasteiger partial charge in [0.1, 0.15) is 13.2 Å². The third kappa shape index (κ3) is 49.3. The van der Waals surface area contributed by atoms with Crippen LogP contribution in [0.1, 0.15) is 206 Å². The maximum Gasteiger partial charge on any atom is 0.268 e. The van der Waals surface area contributed by atoms with E-state index in [0.717, 1.165) is 77.0 Å². The van der Waals surface area contributed by atoms with Crippen molar-refractivity contribution in [3.05, 3.63) is 97.2 Å². The molecule has 9 heteroatoms. The average molecular weight is 941 g/mol. The predicted molar refractivity (Wildman–Crippen MR) is 283 cm³/mol. The molecule has 0 aromatic rings. The molecular weight excluding hydrogens is 840 g/mol. The third-order valence-electron chi connectivity index (χ3n) is 11.3. The zero-order valence-electron chi connectivity index (χ0n) is 43.1. The molecule has 0 aromatic carbocycles. The summed E-state index contributed by atoms with van der Waals surface area (Å²) in [6.07, 6.45) is 67.6. The second-order valence-electron chi connectivity index (χ2n) is 18.8. The van der Waals surface area contributed by atoms with Crippen LogP contribution in [0, 0.1) is 0 Å². The van der Waals surface area contributed by atoms with Gasteiger partial charge in [-0.25, -0.2) is 0 Å². The first-order valence-corrected chi connectivity index (χ1v) is 28.1. The molecule has 0 radical (unpaired) electrons. The lowest BCUT2D eigenvalue weighted by Gasteiger charge is -2.29. The van der Waals surface area contributed by atoms with Crippen LogP contribution in [-0.2, 0) is 18.4 Å². The number of quaternary nitrogens is 1. The van der Waals surface area contributed by atoms with Crippen molar-refractivity contribution in [2.75, 3.05) is 40.9 Å². The first-order chi connectivity index (χ1) is 32.0. The first-order valence-electron chi connectivity index (χ1n) is 26.6. The van der Waals surface area contributed by atoms with Crippen molar-refractivity contribution < 1.29 is 32.9 Å². The van der Waals surface area contributed by atoms with Crippen molar-refractivity contribution in [2.24, 2.45) is 0 Å². The Bertz CT molecular complexity index is 1390. The molecule has 0 saturated heterocycles. The summed E-state index contributed by atoms with van der Waals surface area (Å²) in [4.78, 5) is 25.4. The van der Waals surface area contributed by atoms with E-state index in [1.54, 1.807) is 6.08 Å². The normalized spacial score (nSPS) is 14.8. The lowest BCUT2D eigenvalue weighted by atomic mass is 10.0. The fourth-order valence-electron chi connectivity index (χ4n) is 7.09. The molecule has 0 aliphatic rings. The van der Waals surface area contributed by atoms with Crippen LogP contribution >= 0.6 is 7.82 Å². The van der Waals surface area contributed by atoms with Gasteiger partial charge in [0.05, 0.1) is 39.9 Å². The summed E-state index contributed by atoms with van der Waals surface area (Å²) in [6.45, 7) is 4.48. The zero-order valence-corrected chi connectivity index (χ0v) is 44.0. The number of nitrogens with one attached hydrogen (secondary N) is 1. The van der Waals surface area contributed by atoms with Gasteiger partial charge in [-0.05, 0) is 89.9 Å². The van der Waals surface area contributed by atoms with Crippen LogP contribution in [0.2, 0.25) is 0 Å². The number of carbonyl (C=O) groups excluding carboxylic acids is 1. The molecule has 3 atom stereocenters. The van der Waals surface area contributed by atoms with Crippen molar-refractivity contribution >= 4 is 13.7 Å². The van der Waals surface area contributed by atoms with Crippen LogP contribution in [-0.4, -0.2) is 68.5 Å². The van der Waals surface area contributed by atoms with E-state index < -0.39 is 26.6 Å². The van der Waals surface area contributed by atoms with Crippen molar-refractivity contribution in [3.8, 4) is 0 Å². The molecule has 380 valence electrons. The first kappa shape index (κ1) is 63.4. The van der Waals surface area contributed by atoms with E-state index in [9.17, 15) is 19.4 Å². The Labute approximate surface area is 407 Å². The lowest BCUT2D eigenvalue weighted by molar-refractivity contribution is -0.870. The highest BCUT2D eigenvalue weighted by Crippen LogP contribution is 2.38. The fraction of sp³-hybridized carbons (Fsp3) is 0.702. The second-order valence-corrected chi connectivity index (χ2v) is 20.2. The van der Waals surface area contributed by atoms with E-state index in [1.165, 1.54) is 109 Å². The molecule has 0 bridgehead atoms. The van der Waals surface area contributed by atoms with Gasteiger partial charge in [-0.15, -0.1) is 0 Å². The fourth-order valence-corrected chi connectivity index (χ4v) is 7.82. The van der Waals surface area contributed by atoms with Crippen LogP contribution in [0.15, 0.2) is 97.2 Å². The summed E-state index contributed by atoms with van der Waals surface area (Å²) in [6, 6.07) is -0.915. The number of hydrogen-bond acceptors (Lipinski definition) is 6. The van der Waals surface area contributed by atoms with Crippen molar-refractivity contribution in [1.82, 2.24) is 5.32 Å². The number of aliphatic hydroxyl groups excluding tert-OH is 1. The summed E-state index contributed by atoms with van der Waals surface area (Å²) in [5.41, 5.74) is 0. The standard InChI is InChI=1S/C57H101N2O6P/c1-6-8-10-12-14-16-18-20-22-23-24-25-26-27-28-29-30-31-32-33-34-35-37-39-41-43-45-47-49-51-57(61)58-55(54-65-66(62,63)64-53-52-59(3,4)5)56(60)50-48-46-44-42-40-38-36-21-19-17-15-13-11-9-7-2/h8,10,14,16,19-22,24-25,27-28,40,42,48,50,55-56,60H,6-7,9,11-13,15,17-18,23,26,29-39,41,43-47,49,51-54H2,1-5H3,(H-,58,61,62,63)/b10-8-,16-14-,21-19+,22-20-,25-24-,28-27-,42-40+,50-48+. The van der Waals surface area contributed by atoms with Gasteiger partial charge in [0, 0.05) is 6.42 Å². The highest BCUT2D eigenvalue weighted by atomic mass is 31.2. The number of unbranched alkanes of at least 4 members (excludes halogenated alkanes) is 20. The zero-order chi connectivity index (χ0) is 48.5. The van der Waals surface area contributed by atoms with Crippen molar-refractivity contribution in [2.45, 2.75) is 219 Å². The van der Waals surface area contributed by atoms with Crippen LogP contribution < -0.4 is 10.2 Å². The van der Waals surface area contributed by atoms with Gasteiger partial charge in [0.15, 0.2) is 0 Å². The monoisotopic (exact) mass is 941 g/mol. The van der Waals surface area contributed by atoms with Crippen LogP contribution in [0.3, 0.4) is 0 Å². The predicted octanol–water partition coefficient (Wildman–Crippen LogP) is 15.2. The summed E-state index contributed by atoms with van der Waals surface area (Å²) < 4.78 is 23.3. The van der Waals surface area contributed by atoms with E-state index in [4.69, 9.17) is 9.05 Å². The Morgan fingerprint density at radius 3 is 1.41 bits per heavy atom. The minimum Gasteiger partial charge on any atom is -0.756 e. The Balaban J connectivity index is 4.24. The number of nitrogens with zero attached hydrogens (tertiary/aromatic N) is 1. The highest BCUT2D eigenvalue weighted by molar-refractivity contribution is 7.45. The Hall–Kier alpha value is -2.58. The molecule has 0 aromatic heterocycles. The molecule has 66 heavy (non-hydrogen) atoms. The van der Waals surface area contributed by atoms with Gasteiger partial charge in [-0.1, -0.05) is 207 Å². The molecule has 0 saturated carbocycles. The second kappa shape index (κ2) is 47.5. The van der Waals surface area contributed by atoms with Gasteiger partial charge < -0.3 is 28.8 Å².